The molecule has 0 spiro atoms. The molecule has 0 unspecified atom stereocenters. The first-order chi connectivity index (χ1) is 12.7. The van der Waals surface area contributed by atoms with E-state index >= 15 is 0 Å². The van der Waals surface area contributed by atoms with E-state index in [0.29, 0.717) is 5.56 Å². The number of nitrogens with zero attached hydrogens (tertiary/aromatic N) is 3. The third-order valence-corrected chi connectivity index (χ3v) is 3.65. The van der Waals surface area contributed by atoms with Gasteiger partial charge in [-0.3, -0.25) is 4.99 Å². The van der Waals surface area contributed by atoms with Crippen molar-refractivity contribution in [3.8, 4) is 5.75 Å². The number of azo groups is 1. The Morgan fingerprint density at radius 1 is 0.769 bits per heavy atom. The van der Waals surface area contributed by atoms with Crippen LogP contribution in [0.2, 0.25) is 0 Å². The Kier molecular flexibility index (Phi) is 5.68. The highest BCUT2D eigenvalue weighted by Gasteiger charge is 1.99. The third-order valence-electron chi connectivity index (χ3n) is 3.65. The van der Waals surface area contributed by atoms with E-state index in [4.69, 9.17) is 0 Å². The molecule has 4 nitrogen and oxygen atoms in total. The zero-order valence-electron chi connectivity index (χ0n) is 14.4. The van der Waals surface area contributed by atoms with Gasteiger partial charge in [-0.15, -0.1) is 0 Å². The summed E-state index contributed by atoms with van der Waals surface area (Å²) < 4.78 is 0. The smallest absolute Gasteiger partial charge is 0.124 e. The van der Waals surface area contributed by atoms with Crippen molar-refractivity contribution in [2.45, 2.75) is 6.92 Å². The summed E-state index contributed by atoms with van der Waals surface area (Å²) in [6, 6.07) is 22.5. The Morgan fingerprint density at radius 3 is 2.08 bits per heavy atom. The van der Waals surface area contributed by atoms with Gasteiger partial charge in [-0.25, -0.2) is 0 Å². The number of rotatable bonds is 5. The van der Waals surface area contributed by atoms with E-state index in [0.717, 1.165) is 22.6 Å². The molecule has 0 aliphatic heterocycles. The van der Waals surface area contributed by atoms with Crippen molar-refractivity contribution in [1.29, 1.82) is 0 Å². The van der Waals surface area contributed by atoms with E-state index < -0.39 is 0 Å². The minimum absolute atomic E-state index is 0.206. The van der Waals surface area contributed by atoms with Crippen LogP contribution in [0, 0.1) is 0 Å². The van der Waals surface area contributed by atoms with E-state index in [-0.39, 0.29) is 5.75 Å². The quantitative estimate of drug-likeness (QED) is 0.413. The lowest BCUT2D eigenvalue weighted by molar-refractivity contribution is 0.474. The van der Waals surface area contributed by atoms with Crippen LogP contribution in [-0.2, 0) is 0 Å². The zero-order valence-corrected chi connectivity index (χ0v) is 14.4. The Bertz CT molecular complexity index is 943. The molecule has 0 heterocycles. The second-order valence-corrected chi connectivity index (χ2v) is 5.63. The van der Waals surface area contributed by atoms with Gasteiger partial charge in [-0.05, 0) is 61.0 Å². The van der Waals surface area contributed by atoms with Crippen LogP contribution in [0.3, 0.4) is 0 Å². The largest absolute Gasteiger partial charge is 0.507 e. The SMILES string of the molecule is CC=Cc1ccc(C=Nc2ccc(N=Nc3ccccc3)cc2)c(O)c1. The van der Waals surface area contributed by atoms with Gasteiger partial charge in [0.05, 0.1) is 17.1 Å². The van der Waals surface area contributed by atoms with E-state index in [1.54, 1.807) is 12.3 Å². The van der Waals surface area contributed by atoms with Crippen molar-refractivity contribution in [3.63, 3.8) is 0 Å². The molecule has 3 aromatic carbocycles. The average molecular weight is 341 g/mol. The molecule has 0 radical (unpaired) electrons. The van der Waals surface area contributed by atoms with Gasteiger partial charge in [0.1, 0.15) is 5.75 Å². The van der Waals surface area contributed by atoms with Crippen LogP contribution in [0.15, 0.2) is 94.1 Å². The molecule has 3 aromatic rings. The van der Waals surface area contributed by atoms with Crippen LogP contribution in [0.25, 0.3) is 6.08 Å². The number of phenols is 1. The summed E-state index contributed by atoms with van der Waals surface area (Å²) in [7, 11) is 0. The van der Waals surface area contributed by atoms with Gasteiger partial charge in [0.15, 0.2) is 0 Å². The highest BCUT2D eigenvalue weighted by atomic mass is 16.3. The van der Waals surface area contributed by atoms with Crippen LogP contribution in [0.4, 0.5) is 17.1 Å². The van der Waals surface area contributed by atoms with Crippen molar-refractivity contribution in [3.05, 3.63) is 90.0 Å². The van der Waals surface area contributed by atoms with Gasteiger partial charge < -0.3 is 5.11 Å². The first-order valence-corrected chi connectivity index (χ1v) is 8.31. The number of aromatic hydroxyl groups is 1. The first-order valence-electron chi connectivity index (χ1n) is 8.31. The molecule has 0 saturated heterocycles. The summed E-state index contributed by atoms with van der Waals surface area (Å²) in [5, 5.41) is 18.5. The lowest BCUT2D eigenvalue weighted by atomic mass is 10.1. The molecule has 0 saturated carbocycles. The van der Waals surface area contributed by atoms with Gasteiger partial charge in [0.25, 0.3) is 0 Å². The second-order valence-electron chi connectivity index (χ2n) is 5.63. The van der Waals surface area contributed by atoms with Crippen molar-refractivity contribution in [1.82, 2.24) is 0 Å². The minimum Gasteiger partial charge on any atom is -0.507 e. The average Bonchev–Trinajstić information content (AvgIpc) is 2.68. The highest BCUT2D eigenvalue weighted by molar-refractivity contribution is 5.86. The molecule has 128 valence electrons. The number of benzene rings is 3. The molecule has 0 aromatic heterocycles. The van der Waals surface area contributed by atoms with E-state index in [2.05, 4.69) is 15.2 Å². The predicted octanol–water partition coefficient (Wildman–Crippen LogP) is 6.59. The Balaban J connectivity index is 1.69. The van der Waals surface area contributed by atoms with E-state index in [1.165, 1.54) is 0 Å². The number of allylic oxidation sites excluding steroid dienone is 1. The lowest BCUT2D eigenvalue weighted by Crippen LogP contribution is -1.83. The fourth-order valence-electron chi connectivity index (χ4n) is 2.33. The lowest BCUT2D eigenvalue weighted by Gasteiger charge is -2.01. The zero-order chi connectivity index (χ0) is 18.2. The first kappa shape index (κ1) is 17.3. The molecule has 4 heteroatoms. The number of phenolic OH excluding ortho intramolecular Hbond substituents is 1. The highest BCUT2D eigenvalue weighted by Crippen LogP contribution is 2.23. The molecule has 0 fully saturated rings. The maximum absolute atomic E-state index is 10.1. The topological polar surface area (TPSA) is 57.3 Å². The second kappa shape index (κ2) is 8.53. The molecule has 0 atom stereocenters. The molecule has 0 aliphatic rings. The summed E-state index contributed by atoms with van der Waals surface area (Å²) in [6.07, 6.45) is 5.51. The maximum Gasteiger partial charge on any atom is 0.124 e. The molecular weight excluding hydrogens is 322 g/mol. The maximum atomic E-state index is 10.1. The van der Waals surface area contributed by atoms with Crippen molar-refractivity contribution < 1.29 is 5.11 Å². The van der Waals surface area contributed by atoms with E-state index in [9.17, 15) is 5.11 Å². The standard InChI is InChI=1S/C22H19N3O/c1-2-6-17-9-10-18(22(26)15-17)16-23-19-11-13-21(14-12-19)25-24-20-7-4-3-5-8-20/h2-16,26H,1H3. The van der Waals surface area contributed by atoms with Crippen LogP contribution >= 0.6 is 0 Å². The number of hydrogen-bond acceptors (Lipinski definition) is 4. The van der Waals surface area contributed by atoms with Gasteiger partial charge in [0, 0.05) is 11.8 Å². The molecule has 26 heavy (non-hydrogen) atoms. The van der Waals surface area contributed by atoms with Gasteiger partial charge in [-0.2, -0.15) is 10.2 Å². The molecular formula is C22H19N3O. The number of hydrogen-bond donors (Lipinski definition) is 1. The van der Waals surface area contributed by atoms with Gasteiger partial charge >= 0.3 is 0 Å². The molecule has 0 bridgehead atoms. The molecule has 3 rings (SSSR count). The fraction of sp³-hybridized carbons (Fsp3) is 0.0455. The molecule has 1 N–H and O–H groups in total. The van der Waals surface area contributed by atoms with Crippen molar-refractivity contribution in [2.75, 3.05) is 0 Å². The molecule has 0 amide bonds. The van der Waals surface area contributed by atoms with E-state index in [1.807, 2.05) is 85.8 Å². The summed E-state index contributed by atoms with van der Waals surface area (Å²) in [4.78, 5) is 4.40. The fourth-order valence-corrected chi connectivity index (χ4v) is 2.33. The van der Waals surface area contributed by atoms with Gasteiger partial charge in [0.2, 0.25) is 0 Å². The normalized spacial score (nSPS) is 11.7. The Labute approximate surface area is 152 Å². The Morgan fingerprint density at radius 2 is 1.42 bits per heavy atom. The van der Waals surface area contributed by atoms with Crippen LogP contribution in [-0.4, -0.2) is 11.3 Å². The minimum atomic E-state index is 0.206. The summed E-state index contributed by atoms with van der Waals surface area (Å²) in [6.45, 7) is 1.94. The summed E-state index contributed by atoms with van der Waals surface area (Å²) in [5.74, 6) is 0.206. The van der Waals surface area contributed by atoms with Gasteiger partial charge in [-0.1, -0.05) is 36.4 Å². The monoisotopic (exact) mass is 341 g/mol. The third kappa shape index (κ3) is 4.74. The number of aliphatic imine (C=N–C) groups is 1. The van der Waals surface area contributed by atoms with Crippen LogP contribution in [0.5, 0.6) is 5.75 Å². The summed E-state index contributed by atoms with van der Waals surface area (Å²) >= 11 is 0. The van der Waals surface area contributed by atoms with Crippen molar-refractivity contribution in [2.24, 2.45) is 15.2 Å². The summed E-state index contributed by atoms with van der Waals surface area (Å²) in [5.41, 5.74) is 3.97. The van der Waals surface area contributed by atoms with Crippen molar-refractivity contribution >= 4 is 29.4 Å². The Hall–Kier alpha value is -3.53. The predicted molar refractivity (Wildman–Crippen MR) is 107 cm³/mol. The van der Waals surface area contributed by atoms with Crippen LogP contribution in [0.1, 0.15) is 18.1 Å². The van der Waals surface area contributed by atoms with Crippen LogP contribution < -0.4 is 0 Å². The molecule has 0 aliphatic carbocycles.